The lowest BCUT2D eigenvalue weighted by molar-refractivity contribution is -0.115. The van der Waals surface area contributed by atoms with E-state index < -0.39 is 0 Å². The number of carbonyl (C=O) groups excluding carboxylic acids is 2. The second-order valence-electron chi connectivity index (χ2n) is 5.75. The Morgan fingerprint density at radius 2 is 2.04 bits per heavy atom. The Hall–Kier alpha value is -2.64. The third kappa shape index (κ3) is 3.23. The zero-order valence-electron chi connectivity index (χ0n) is 13.6. The summed E-state index contributed by atoms with van der Waals surface area (Å²) in [6.45, 7) is 0.915. The summed E-state index contributed by atoms with van der Waals surface area (Å²) in [5, 5.41) is 2.60. The highest BCUT2D eigenvalue weighted by Crippen LogP contribution is 2.35. The molecule has 0 bridgehead atoms. The molecule has 4 rings (SSSR count). The predicted molar refractivity (Wildman–Crippen MR) is 106 cm³/mol. The smallest absolute Gasteiger partial charge is 0.263 e. The van der Waals surface area contributed by atoms with E-state index >= 15 is 0 Å². The summed E-state index contributed by atoms with van der Waals surface area (Å²) in [4.78, 5) is 27.0. The first-order chi connectivity index (χ1) is 12.6. The molecular weight excluding hydrogens is 368 g/mol. The topological polar surface area (TPSA) is 58.6 Å². The van der Waals surface area contributed by atoms with Gasteiger partial charge in [-0.2, -0.15) is 0 Å². The monoisotopic (exact) mass is 382 g/mol. The van der Waals surface area contributed by atoms with Gasteiger partial charge in [0.25, 0.3) is 11.8 Å². The van der Waals surface area contributed by atoms with Gasteiger partial charge in [-0.3, -0.25) is 9.59 Å². The van der Waals surface area contributed by atoms with E-state index in [1.54, 1.807) is 23.1 Å². The minimum Gasteiger partial charge on any atom is -0.490 e. The van der Waals surface area contributed by atoms with Crippen molar-refractivity contribution in [2.75, 3.05) is 18.1 Å². The van der Waals surface area contributed by atoms with Gasteiger partial charge in [-0.05, 0) is 35.9 Å². The molecule has 1 N–H and O–H groups in total. The molecule has 1 fully saturated rings. The molecule has 5 nitrogen and oxygen atoms in total. The highest BCUT2D eigenvalue weighted by Gasteiger charge is 2.26. The number of hydrogen-bond donors (Lipinski definition) is 1. The van der Waals surface area contributed by atoms with Crippen LogP contribution in [0.3, 0.4) is 0 Å². The lowest BCUT2D eigenvalue weighted by Gasteiger charge is -2.30. The molecule has 2 amide bonds. The highest BCUT2D eigenvalue weighted by atomic mass is 32.2. The van der Waals surface area contributed by atoms with Crippen molar-refractivity contribution in [2.45, 2.75) is 0 Å². The molecule has 26 heavy (non-hydrogen) atoms. The van der Waals surface area contributed by atoms with Crippen LogP contribution < -0.4 is 15.0 Å². The number of nitrogens with one attached hydrogen (secondary N) is 1. The number of amides is 2. The standard InChI is InChI=1S/C19H14N2O3S2/c22-17-16(26-19(25)20-17)11-12-6-7-15-14(10-12)21(8-9-24-15)18(23)13-4-2-1-3-5-13/h1-7,10-11H,8-9H2,(H,20,22,25). The van der Waals surface area contributed by atoms with Crippen molar-refractivity contribution in [3.63, 3.8) is 0 Å². The predicted octanol–water partition coefficient (Wildman–Crippen LogP) is 3.21. The van der Waals surface area contributed by atoms with Crippen LogP contribution in [-0.4, -0.2) is 29.3 Å². The van der Waals surface area contributed by atoms with E-state index in [0.717, 1.165) is 5.56 Å². The zero-order valence-corrected chi connectivity index (χ0v) is 15.2. The molecule has 130 valence electrons. The van der Waals surface area contributed by atoms with Crippen LogP contribution in [0, 0.1) is 0 Å². The van der Waals surface area contributed by atoms with E-state index in [1.807, 2.05) is 36.4 Å². The molecule has 0 unspecified atom stereocenters. The number of rotatable bonds is 2. The molecule has 0 spiro atoms. The molecule has 2 aliphatic heterocycles. The van der Waals surface area contributed by atoms with E-state index in [1.165, 1.54) is 11.8 Å². The van der Waals surface area contributed by atoms with Crippen molar-refractivity contribution >= 4 is 51.9 Å². The molecule has 0 aliphatic carbocycles. The van der Waals surface area contributed by atoms with Gasteiger partial charge in [-0.1, -0.05) is 48.2 Å². The van der Waals surface area contributed by atoms with Crippen molar-refractivity contribution in [3.05, 3.63) is 64.6 Å². The van der Waals surface area contributed by atoms with Crippen LogP contribution in [0.5, 0.6) is 5.75 Å². The number of fused-ring (bicyclic) bond motifs is 1. The lowest BCUT2D eigenvalue weighted by Crippen LogP contribution is -2.38. The fraction of sp³-hybridized carbons (Fsp3) is 0.105. The van der Waals surface area contributed by atoms with Gasteiger partial charge in [-0.25, -0.2) is 0 Å². The summed E-state index contributed by atoms with van der Waals surface area (Å²) >= 11 is 6.24. The van der Waals surface area contributed by atoms with Gasteiger partial charge in [0.05, 0.1) is 17.1 Å². The van der Waals surface area contributed by atoms with Crippen LogP contribution in [0.1, 0.15) is 15.9 Å². The number of thioether (sulfide) groups is 1. The third-order valence-electron chi connectivity index (χ3n) is 4.05. The van der Waals surface area contributed by atoms with Crippen molar-refractivity contribution in [1.29, 1.82) is 0 Å². The number of ether oxygens (including phenoxy) is 1. The van der Waals surface area contributed by atoms with E-state index in [2.05, 4.69) is 5.32 Å². The maximum atomic E-state index is 12.9. The number of nitrogens with zero attached hydrogens (tertiary/aromatic N) is 1. The summed E-state index contributed by atoms with van der Waals surface area (Å²) in [6.07, 6.45) is 1.76. The van der Waals surface area contributed by atoms with E-state index in [9.17, 15) is 9.59 Å². The Morgan fingerprint density at radius 1 is 1.23 bits per heavy atom. The van der Waals surface area contributed by atoms with Crippen molar-refractivity contribution in [1.82, 2.24) is 5.32 Å². The Kier molecular flexibility index (Phi) is 4.48. The molecule has 2 heterocycles. The molecule has 0 aromatic heterocycles. The Balaban J connectivity index is 1.69. The first kappa shape index (κ1) is 16.8. The van der Waals surface area contributed by atoms with Crippen LogP contribution in [0.4, 0.5) is 5.69 Å². The number of thiocarbonyl (C=S) groups is 1. The average molecular weight is 382 g/mol. The number of benzene rings is 2. The Morgan fingerprint density at radius 3 is 2.77 bits per heavy atom. The van der Waals surface area contributed by atoms with Gasteiger partial charge >= 0.3 is 0 Å². The van der Waals surface area contributed by atoms with Gasteiger partial charge in [-0.15, -0.1) is 0 Å². The van der Waals surface area contributed by atoms with Crippen LogP contribution in [0.25, 0.3) is 6.08 Å². The maximum Gasteiger partial charge on any atom is 0.263 e. The Labute approximate surface area is 160 Å². The van der Waals surface area contributed by atoms with Gasteiger partial charge in [0, 0.05) is 5.56 Å². The summed E-state index contributed by atoms with van der Waals surface area (Å²) < 4.78 is 6.13. The first-order valence-electron chi connectivity index (χ1n) is 8.00. The van der Waals surface area contributed by atoms with Gasteiger partial charge in [0.15, 0.2) is 0 Å². The van der Waals surface area contributed by atoms with Crippen LogP contribution >= 0.6 is 24.0 Å². The molecule has 0 radical (unpaired) electrons. The number of carbonyl (C=O) groups is 2. The quantitative estimate of drug-likeness (QED) is 0.638. The van der Waals surface area contributed by atoms with Crippen molar-refractivity contribution in [2.24, 2.45) is 0 Å². The second-order valence-corrected chi connectivity index (χ2v) is 7.47. The average Bonchev–Trinajstić information content (AvgIpc) is 2.98. The van der Waals surface area contributed by atoms with Crippen molar-refractivity contribution < 1.29 is 14.3 Å². The molecule has 0 atom stereocenters. The van der Waals surface area contributed by atoms with E-state index in [-0.39, 0.29) is 11.8 Å². The van der Waals surface area contributed by atoms with Crippen LogP contribution in [0.15, 0.2) is 53.4 Å². The van der Waals surface area contributed by atoms with E-state index in [4.69, 9.17) is 17.0 Å². The van der Waals surface area contributed by atoms with Gasteiger partial charge in [0.1, 0.15) is 16.7 Å². The second kappa shape index (κ2) is 6.93. The van der Waals surface area contributed by atoms with Gasteiger partial charge < -0.3 is 15.0 Å². The fourth-order valence-corrected chi connectivity index (χ4v) is 3.89. The zero-order chi connectivity index (χ0) is 18.1. The minimum absolute atomic E-state index is 0.0749. The summed E-state index contributed by atoms with van der Waals surface area (Å²) in [6, 6.07) is 14.7. The minimum atomic E-state index is -0.203. The molecular formula is C19H14N2O3S2. The maximum absolute atomic E-state index is 12.9. The normalized spacial score (nSPS) is 17.7. The fourth-order valence-electron chi connectivity index (χ4n) is 2.84. The first-order valence-corrected chi connectivity index (χ1v) is 9.23. The van der Waals surface area contributed by atoms with Crippen molar-refractivity contribution in [3.8, 4) is 5.75 Å². The summed E-state index contributed by atoms with van der Waals surface area (Å²) in [5.41, 5.74) is 2.13. The number of hydrogen-bond acceptors (Lipinski definition) is 5. The SMILES string of the molecule is O=C1NC(=S)SC1=Cc1ccc2c(c1)N(C(=O)c1ccccc1)CCO2. The highest BCUT2D eigenvalue weighted by molar-refractivity contribution is 8.26. The molecule has 2 aliphatic rings. The van der Waals surface area contributed by atoms with Gasteiger partial charge in [0.2, 0.25) is 0 Å². The molecule has 2 aromatic rings. The molecule has 1 saturated heterocycles. The third-order valence-corrected chi connectivity index (χ3v) is 5.21. The van der Waals surface area contributed by atoms with Crippen LogP contribution in [-0.2, 0) is 4.79 Å². The molecule has 7 heteroatoms. The molecule has 0 saturated carbocycles. The lowest BCUT2D eigenvalue weighted by atomic mass is 10.1. The van der Waals surface area contributed by atoms with E-state index in [0.29, 0.717) is 39.4 Å². The summed E-state index contributed by atoms with van der Waals surface area (Å²) in [5.74, 6) is 0.377. The van der Waals surface area contributed by atoms with Crippen LogP contribution in [0.2, 0.25) is 0 Å². The summed E-state index contributed by atoms with van der Waals surface area (Å²) in [7, 11) is 0. The number of anilines is 1. The Bertz CT molecular complexity index is 941. The molecule has 2 aromatic carbocycles. The largest absolute Gasteiger partial charge is 0.490 e.